The van der Waals surface area contributed by atoms with Crippen molar-refractivity contribution < 1.29 is 4.79 Å². The van der Waals surface area contributed by atoms with Crippen LogP contribution in [0, 0.1) is 0 Å². The Labute approximate surface area is 95.6 Å². The van der Waals surface area contributed by atoms with Crippen LogP contribution in [0.25, 0.3) is 0 Å². The largest absolute Gasteiger partial charge is 0.286 e. The SMILES string of the molecule is CCC/C=C/CC(=O)Sc1ccccc1. The highest BCUT2D eigenvalue weighted by Gasteiger charge is 2.00. The molecule has 0 aromatic heterocycles. The summed E-state index contributed by atoms with van der Waals surface area (Å²) >= 11 is 1.31. The lowest BCUT2D eigenvalue weighted by Crippen LogP contribution is -1.87. The number of hydrogen-bond acceptors (Lipinski definition) is 2. The molecule has 0 aliphatic rings. The first-order valence-electron chi connectivity index (χ1n) is 5.23. The van der Waals surface area contributed by atoms with Gasteiger partial charge in [0.05, 0.1) is 0 Å². The van der Waals surface area contributed by atoms with E-state index in [0.717, 1.165) is 17.7 Å². The molecule has 1 aromatic carbocycles. The summed E-state index contributed by atoms with van der Waals surface area (Å²) < 4.78 is 0. The monoisotopic (exact) mass is 220 g/mol. The molecule has 15 heavy (non-hydrogen) atoms. The minimum Gasteiger partial charge on any atom is -0.286 e. The summed E-state index contributed by atoms with van der Waals surface area (Å²) in [7, 11) is 0. The minimum atomic E-state index is 0.202. The Kier molecular flexibility index (Phi) is 5.86. The molecule has 0 radical (unpaired) electrons. The molecule has 0 aliphatic heterocycles. The van der Waals surface area contributed by atoms with Crippen LogP contribution in [-0.4, -0.2) is 5.12 Å². The molecular formula is C13H16OS. The fraction of sp³-hybridized carbons (Fsp3) is 0.308. The lowest BCUT2D eigenvalue weighted by atomic mass is 10.3. The van der Waals surface area contributed by atoms with Crippen molar-refractivity contribution >= 4 is 16.9 Å². The lowest BCUT2D eigenvalue weighted by molar-refractivity contribution is -0.110. The zero-order valence-corrected chi connectivity index (χ0v) is 9.80. The summed E-state index contributed by atoms with van der Waals surface area (Å²) in [4.78, 5) is 12.5. The lowest BCUT2D eigenvalue weighted by Gasteiger charge is -1.96. The van der Waals surface area contributed by atoms with Gasteiger partial charge in [0.15, 0.2) is 5.12 Å². The first-order chi connectivity index (χ1) is 7.33. The van der Waals surface area contributed by atoms with Gasteiger partial charge in [0, 0.05) is 11.3 Å². The predicted molar refractivity (Wildman–Crippen MR) is 66.0 cm³/mol. The normalized spacial score (nSPS) is 10.7. The number of allylic oxidation sites excluding steroid dienone is 2. The van der Waals surface area contributed by atoms with Gasteiger partial charge in [0.2, 0.25) is 0 Å². The second kappa shape index (κ2) is 7.30. The summed E-state index contributed by atoms with van der Waals surface area (Å²) in [5.41, 5.74) is 0. The van der Waals surface area contributed by atoms with Crippen LogP contribution in [0.3, 0.4) is 0 Å². The van der Waals surface area contributed by atoms with Crippen LogP contribution in [-0.2, 0) is 4.79 Å². The van der Waals surface area contributed by atoms with Crippen molar-refractivity contribution in [1.29, 1.82) is 0 Å². The van der Waals surface area contributed by atoms with E-state index in [1.165, 1.54) is 11.8 Å². The fourth-order valence-corrected chi connectivity index (χ4v) is 1.86. The third kappa shape index (κ3) is 5.43. The van der Waals surface area contributed by atoms with Crippen LogP contribution in [0.5, 0.6) is 0 Å². The van der Waals surface area contributed by atoms with E-state index >= 15 is 0 Å². The van der Waals surface area contributed by atoms with Crippen LogP contribution < -0.4 is 0 Å². The van der Waals surface area contributed by atoms with Crippen LogP contribution in [0.1, 0.15) is 26.2 Å². The number of unbranched alkanes of at least 4 members (excludes halogenated alkanes) is 1. The minimum absolute atomic E-state index is 0.202. The molecule has 0 fully saturated rings. The average molecular weight is 220 g/mol. The highest BCUT2D eigenvalue weighted by Crippen LogP contribution is 2.19. The summed E-state index contributed by atoms with van der Waals surface area (Å²) in [5, 5.41) is 0.202. The molecule has 0 unspecified atom stereocenters. The number of rotatable bonds is 5. The molecule has 1 aromatic rings. The van der Waals surface area contributed by atoms with E-state index in [2.05, 4.69) is 13.0 Å². The Hall–Kier alpha value is -1.02. The molecule has 0 saturated heterocycles. The van der Waals surface area contributed by atoms with Crippen molar-refractivity contribution in [3.8, 4) is 0 Å². The zero-order chi connectivity index (χ0) is 10.9. The standard InChI is InChI=1S/C13H16OS/c1-2-3-4-8-11-13(14)15-12-9-6-5-7-10-12/h4-10H,2-3,11H2,1H3/b8-4+. The first-order valence-corrected chi connectivity index (χ1v) is 6.05. The third-order valence-corrected chi connectivity index (χ3v) is 2.78. The van der Waals surface area contributed by atoms with E-state index in [0.29, 0.717) is 6.42 Å². The number of carbonyl (C=O) groups is 1. The van der Waals surface area contributed by atoms with E-state index < -0.39 is 0 Å². The van der Waals surface area contributed by atoms with Crippen LogP contribution in [0.15, 0.2) is 47.4 Å². The molecule has 80 valence electrons. The Morgan fingerprint density at radius 1 is 1.27 bits per heavy atom. The van der Waals surface area contributed by atoms with Gasteiger partial charge in [-0.1, -0.05) is 55.5 Å². The topological polar surface area (TPSA) is 17.1 Å². The number of hydrogen-bond donors (Lipinski definition) is 0. The molecule has 0 atom stereocenters. The maximum atomic E-state index is 11.5. The van der Waals surface area contributed by atoms with Gasteiger partial charge in [-0.05, 0) is 18.6 Å². The van der Waals surface area contributed by atoms with Crippen molar-refractivity contribution in [1.82, 2.24) is 0 Å². The van der Waals surface area contributed by atoms with Crippen LogP contribution >= 0.6 is 11.8 Å². The van der Waals surface area contributed by atoms with Crippen molar-refractivity contribution in [3.63, 3.8) is 0 Å². The van der Waals surface area contributed by atoms with Gasteiger partial charge >= 0.3 is 0 Å². The third-order valence-electron chi connectivity index (χ3n) is 1.88. The molecule has 0 amide bonds. The number of thioether (sulfide) groups is 1. The van der Waals surface area contributed by atoms with E-state index in [1.54, 1.807) is 0 Å². The Balaban J connectivity index is 2.31. The van der Waals surface area contributed by atoms with Gasteiger partial charge in [0.25, 0.3) is 0 Å². The van der Waals surface area contributed by atoms with Crippen molar-refractivity contribution in [2.24, 2.45) is 0 Å². The Morgan fingerprint density at radius 2 is 2.00 bits per heavy atom. The molecule has 0 heterocycles. The highest BCUT2D eigenvalue weighted by molar-refractivity contribution is 8.13. The summed E-state index contributed by atoms with van der Waals surface area (Å²) in [6, 6.07) is 9.76. The fourth-order valence-electron chi connectivity index (χ4n) is 1.13. The predicted octanol–water partition coefficient (Wildman–Crippen LogP) is 4.05. The Morgan fingerprint density at radius 3 is 2.67 bits per heavy atom. The van der Waals surface area contributed by atoms with E-state index in [-0.39, 0.29) is 5.12 Å². The Bertz CT molecular complexity index is 317. The molecule has 0 spiro atoms. The van der Waals surface area contributed by atoms with Crippen LogP contribution in [0.4, 0.5) is 0 Å². The zero-order valence-electron chi connectivity index (χ0n) is 8.98. The van der Waals surface area contributed by atoms with Gasteiger partial charge in [-0.25, -0.2) is 0 Å². The van der Waals surface area contributed by atoms with Crippen molar-refractivity contribution in [3.05, 3.63) is 42.5 Å². The van der Waals surface area contributed by atoms with E-state index in [4.69, 9.17) is 0 Å². The number of carbonyl (C=O) groups excluding carboxylic acids is 1. The molecule has 0 N–H and O–H groups in total. The molecule has 2 heteroatoms. The maximum absolute atomic E-state index is 11.5. The summed E-state index contributed by atoms with van der Waals surface area (Å²) in [6.45, 7) is 2.13. The first kappa shape index (κ1) is 12.1. The quantitative estimate of drug-likeness (QED) is 0.550. The molecular weight excluding hydrogens is 204 g/mol. The van der Waals surface area contributed by atoms with E-state index in [9.17, 15) is 4.79 Å². The molecule has 0 aliphatic carbocycles. The number of benzene rings is 1. The van der Waals surface area contributed by atoms with Gasteiger partial charge in [0.1, 0.15) is 0 Å². The van der Waals surface area contributed by atoms with Gasteiger partial charge in [-0.2, -0.15) is 0 Å². The molecule has 1 nitrogen and oxygen atoms in total. The smallest absolute Gasteiger partial charge is 0.197 e. The van der Waals surface area contributed by atoms with Gasteiger partial charge in [-0.15, -0.1) is 0 Å². The van der Waals surface area contributed by atoms with Gasteiger partial charge < -0.3 is 0 Å². The van der Waals surface area contributed by atoms with Gasteiger partial charge in [-0.3, -0.25) is 4.79 Å². The average Bonchev–Trinajstić information content (AvgIpc) is 2.26. The second-order valence-corrected chi connectivity index (χ2v) is 4.38. The van der Waals surface area contributed by atoms with Crippen molar-refractivity contribution in [2.75, 3.05) is 0 Å². The van der Waals surface area contributed by atoms with Crippen LogP contribution in [0.2, 0.25) is 0 Å². The molecule has 1 rings (SSSR count). The molecule has 0 saturated carbocycles. The van der Waals surface area contributed by atoms with Crippen molar-refractivity contribution in [2.45, 2.75) is 31.1 Å². The molecule has 0 bridgehead atoms. The summed E-state index contributed by atoms with van der Waals surface area (Å²) in [5.74, 6) is 0. The summed E-state index contributed by atoms with van der Waals surface area (Å²) in [6.07, 6.45) is 6.75. The van der Waals surface area contributed by atoms with E-state index in [1.807, 2.05) is 36.4 Å². The highest BCUT2D eigenvalue weighted by atomic mass is 32.2. The second-order valence-electron chi connectivity index (χ2n) is 3.25. The maximum Gasteiger partial charge on any atom is 0.197 e.